The second-order valence-corrected chi connectivity index (χ2v) is 8.46. The van der Waals surface area contributed by atoms with Gasteiger partial charge in [0.25, 0.3) is 0 Å². The number of rotatable bonds is 8. The van der Waals surface area contributed by atoms with Crippen LogP contribution in [0.1, 0.15) is 68.4 Å². The van der Waals surface area contributed by atoms with Gasteiger partial charge in [0.15, 0.2) is 11.6 Å². The van der Waals surface area contributed by atoms with E-state index in [1.54, 1.807) is 0 Å². The predicted molar refractivity (Wildman–Crippen MR) is 115 cm³/mol. The first-order chi connectivity index (χ1) is 14.6. The van der Waals surface area contributed by atoms with E-state index < -0.39 is 0 Å². The van der Waals surface area contributed by atoms with E-state index in [0.717, 1.165) is 23.5 Å². The summed E-state index contributed by atoms with van der Waals surface area (Å²) in [4.78, 5) is 0. The van der Waals surface area contributed by atoms with Crippen molar-refractivity contribution in [3.05, 3.63) is 59.4 Å². The molecule has 6 heteroatoms. The second-order valence-electron chi connectivity index (χ2n) is 8.46. The summed E-state index contributed by atoms with van der Waals surface area (Å²) in [6, 6.07) is 13.8. The minimum atomic E-state index is -0.296. The summed E-state index contributed by atoms with van der Waals surface area (Å²) in [5, 5.41) is 14.2. The van der Waals surface area contributed by atoms with E-state index in [-0.39, 0.29) is 5.82 Å². The van der Waals surface area contributed by atoms with Crippen molar-refractivity contribution >= 4 is 0 Å². The molecule has 3 aromatic rings. The van der Waals surface area contributed by atoms with Gasteiger partial charge in [-0.2, -0.15) is 5.21 Å². The molecule has 1 aliphatic rings. The Balaban J connectivity index is 1.25. The maximum Gasteiger partial charge on any atom is 0.204 e. The van der Waals surface area contributed by atoms with E-state index in [1.807, 2.05) is 12.1 Å². The van der Waals surface area contributed by atoms with Gasteiger partial charge in [-0.15, -0.1) is 10.2 Å². The van der Waals surface area contributed by atoms with Crippen molar-refractivity contribution in [2.24, 2.45) is 5.92 Å². The third kappa shape index (κ3) is 4.69. The zero-order chi connectivity index (χ0) is 20.9. The molecule has 5 nitrogen and oxygen atoms in total. The van der Waals surface area contributed by atoms with Crippen molar-refractivity contribution in [3.63, 3.8) is 0 Å². The highest BCUT2D eigenvalue weighted by atomic mass is 19.1. The van der Waals surface area contributed by atoms with Crippen LogP contribution in [-0.4, -0.2) is 27.7 Å². The number of aromatic amines is 1. The largest absolute Gasteiger partial charge is 0.494 e. The summed E-state index contributed by atoms with van der Waals surface area (Å²) in [6.45, 7) is 2.22. The minimum Gasteiger partial charge on any atom is -0.494 e. The van der Waals surface area contributed by atoms with E-state index in [0.29, 0.717) is 23.4 Å². The smallest absolute Gasteiger partial charge is 0.204 e. The number of hydrogen-bond donors (Lipinski definition) is 1. The van der Waals surface area contributed by atoms with E-state index in [2.05, 4.69) is 51.8 Å². The fourth-order valence-electron chi connectivity index (χ4n) is 4.69. The number of halogens is 1. The Hall–Kier alpha value is -2.76. The quantitative estimate of drug-likeness (QED) is 0.506. The van der Waals surface area contributed by atoms with Crippen LogP contribution in [0, 0.1) is 11.7 Å². The summed E-state index contributed by atoms with van der Waals surface area (Å²) < 4.78 is 18.7. The molecule has 1 aromatic heterocycles. The zero-order valence-corrected chi connectivity index (χ0v) is 17.6. The summed E-state index contributed by atoms with van der Waals surface area (Å²) in [6.07, 6.45) is 7.41. The molecule has 30 heavy (non-hydrogen) atoms. The first-order valence-corrected chi connectivity index (χ1v) is 10.8. The van der Waals surface area contributed by atoms with Crippen LogP contribution < -0.4 is 4.74 Å². The standard InChI is InChI=1S/C24H29FN4O/c1-16(20-12-13-22(25)23(15-20)30-2)4-3-5-17-6-7-21(14-17)18-8-10-19(11-9-18)24-26-28-29-27-24/h8-13,15-17,21H,3-7,14H2,1-2H3,(H,26,27,28,29). The van der Waals surface area contributed by atoms with Crippen molar-refractivity contribution in [2.45, 2.75) is 57.3 Å². The molecule has 1 fully saturated rings. The van der Waals surface area contributed by atoms with Crippen LogP contribution in [0.4, 0.5) is 4.39 Å². The van der Waals surface area contributed by atoms with Gasteiger partial charge in [-0.25, -0.2) is 4.39 Å². The van der Waals surface area contributed by atoms with Crippen molar-refractivity contribution in [1.29, 1.82) is 0 Å². The number of methoxy groups -OCH3 is 1. The first-order valence-electron chi connectivity index (χ1n) is 10.8. The molecule has 4 rings (SSSR count). The summed E-state index contributed by atoms with van der Waals surface area (Å²) >= 11 is 0. The van der Waals surface area contributed by atoms with Gasteiger partial charge in [0.2, 0.25) is 5.82 Å². The highest BCUT2D eigenvalue weighted by Crippen LogP contribution is 2.41. The SMILES string of the molecule is COc1cc(C(C)CCCC2CCC(c3ccc(-c4nn[nH]n4)cc3)C2)ccc1F. The Bertz CT molecular complexity index is 942. The molecule has 3 atom stereocenters. The molecule has 0 radical (unpaired) electrons. The van der Waals surface area contributed by atoms with Crippen molar-refractivity contribution in [3.8, 4) is 17.1 Å². The van der Waals surface area contributed by atoms with E-state index in [9.17, 15) is 4.39 Å². The Labute approximate surface area is 177 Å². The number of aromatic nitrogens is 4. The molecular weight excluding hydrogens is 379 g/mol. The van der Waals surface area contributed by atoms with Gasteiger partial charge in [-0.05, 0) is 71.9 Å². The van der Waals surface area contributed by atoms with Gasteiger partial charge >= 0.3 is 0 Å². The fourth-order valence-corrected chi connectivity index (χ4v) is 4.69. The Kier molecular flexibility index (Phi) is 6.41. The molecule has 0 saturated heterocycles. The molecule has 3 unspecified atom stereocenters. The van der Waals surface area contributed by atoms with Gasteiger partial charge in [0.05, 0.1) is 7.11 Å². The number of H-pyrrole nitrogens is 1. The topological polar surface area (TPSA) is 63.7 Å². The predicted octanol–water partition coefficient (Wildman–Crippen LogP) is 5.87. The van der Waals surface area contributed by atoms with Crippen LogP contribution in [0.15, 0.2) is 42.5 Å². The average molecular weight is 409 g/mol. The van der Waals surface area contributed by atoms with Crippen molar-refractivity contribution < 1.29 is 9.13 Å². The highest BCUT2D eigenvalue weighted by molar-refractivity contribution is 5.54. The molecule has 0 amide bonds. The maximum atomic E-state index is 13.6. The number of nitrogens with zero attached hydrogens (tertiary/aromatic N) is 3. The molecule has 0 spiro atoms. The van der Waals surface area contributed by atoms with Gasteiger partial charge < -0.3 is 4.74 Å². The molecule has 158 valence electrons. The van der Waals surface area contributed by atoms with Crippen LogP contribution in [0.5, 0.6) is 5.75 Å². The second kappa shape index (κ2) is 9.37. The number of ether oxygens (including phenoxy) is 1. The minimum absolute atomic E-state index is 0.296. The lowest BCUT2D eigenvalue weighted by Crippen LogP contribution is -2.00. The molecule has 1 saturated carbocycles. The van der Waals surface area contributed by atoms with E-state index in [1.165, 1.54) is 50.8 Å². The lowest BCUT2D eigenvalue weighted by atomic mass is 9.90. The van der Waals surface area contributed by atoms with Gasteiger partial charge in [-0.1, -0.05) is 50.1 Å². The molecule has 1 N–H and O–H groups in total. The highest BCUT2D eigenvalue weighted by Gasteiger charge is 2.25. The molecule has 0 aliphatic heterocycles. The van der Waals surface area contributed by atoms with Crippen molar-refractivity contribution in [2.75, 3.05) is 7.11 Å². The van der Waals surface area contributed by atoms with Gasteiger partial charge in [0, 0.05) is 5.56 Å². The summed E-state index contributed by atoms with van der Waals surface area (Å²) in [5.41, 5.74) is 3.56. The average Bonchev–Trinajstić information content (AvgIpc) is 3.47. The molecular formula is C24H29FN4O. The third-order valence-electron chi connectivity index (χ3n) is 6.52. The van der Waals surface area contributed by atoms with Crippen LogP contribution in [0.25, 0.3) is 11.4 Å². The number of tetrazole rings is 1. The van der Waals surface area contributed by atoms with E-state index in [4.69, 9.17) is 4.74 Å². The number of hydrogen-bond acceptors (Lipinski definition) is 4. The number of benzene rings is 2. The van der Waals surface area contributed by atoms with E-state index >= 15 is 0 Å². The Morgan fingerprint density at radius 1 is 1.17 bits per heavy atom. The zero-order valence-electron chi connectivity index (χ0n) is 17.6. The normalized spacial score (nSPS) is 19.7. The first kappa shape index (κ1) is 20.5. The fraction of sp³-hybridized carbons (Fsp3) is 0.458. The summed E-state index contributed by atoms with van der Waals surface area (Å²) in [7, 11) is 1.52. The summed E-state index contributed by atoms with van der Waals surface area (Å²) in [5.74, 6) is 2.53. The van der Waals surface area contributed by atoms with Crippen LogP contribution in [0.3, 0.4) is 0 Å². The maximum absolute atomic E-state index is 13.6. The van der Waals surface area contributed by atoms with Crippen LogP contribution in [0.2, 0.25) is 0 Å². The van der Waals surface area contributed by atoms with Gasteiger partial charge in [0.1, 0.15) is 0 Å². The van der Waals surface area contributed by atoms with Crippen LogP contribution >= 0.6 is 0 Å². The molecule has 2 aromatic carbocycles. The van der Waals surface area contributed by atoms with Crippen molar-refractivity contribution in [1.82, 2.24) is 20.6 Å². The molecule has 1 aliphatic carbocycles. The third-order valence-corrected chi connectivity index (χ3v) is 6.52. The molecule has 1 heterocycles. The monoisotopic (exact) mass is 408 g/mol. The molecule has 0 bridgehead atoms. The Morgan fingerprint density at radius 3 is 2.73 bits per heavy atom. The lowest BCUT2D eigenvalue weighted by Gasteiger charge is -2.16. The lowest BCUT2D eigenvalue weighted by molar-refractivity contribution is 0.385. The van der Waals surface area contributed by atoms with Crippen LogP contribution in [-0.2, 0) is 0 Å². The van der Waals surface area contributed by atoms with Gasteiger partial charge in [-0.3, -0.25) is 0 Å². The number of nitrogens with one attached hydrogen (secondary N) is 1. The Morgan fingerprint density at radius 2 is 2.00 bits per heavy atom.